The SMILES string of the molecule is Cc1cc(N2CCN(CC(=O)Nc3nc4c(s3)CCCC4)CC2)n2ncnc2n1. The molecule has 0 aromatic carbocycles. The molecule has 0 atom stereocenters. The number of fused-ring (bicyclic) bond motifs is 2. The highest BCUT2D eigenvalue weighted by atomic mass is 32.1. The second-order valence-corrected chi connectivity index (χ2v) is 8.72. The first-order chi connectivity index (χ1) is 14.2. The summed E-state index contributed by atoms with van der Waals surface area (Å²) in [6, 6.07) is 2.04. The van der Waals surface area contributed by atoms with E-state index in [-0.39, 0.29) is 5.91 Å². The van der Waals surface area contributed by atoms with Crippen molar-refractivity contribution in [3.05, 3.63) is 28.7 Å². The molecular weight excluding hydrogens is 388 g/mol. The normalized spacial score (nSPS) is 17.5. The highest BCUT2D eigenvalue weighted by Gasteiger charge is 2.23. The van der Waals surface area contributed by atoms with E-state index in [9.17, 15) is 4.79 Å². The number of hydrogen-bond acceptors (Lipinski definition) is 8. The standard InChI is InChI=1S/C19H24N8OS/c1-13-10-17(27-18(22-13)20-12-21-27)26-8-6-25(7-9-26)11-16(28)24-19-23-14-4-2-3-5-15(14)29-19/h10,12H,2-9,11H2,1H3,(H,23,24,28). The average Bonchev–Trinajstić information content (AvgIpc) is 3.33. The lowest BCUT2D eigenvalue weighted by atomic mass is 10.0. The predicted molar refractivity (Wildman–Crippen MR) is 112 cm³/mol. The molecule has 1 N–H and O–H groups in total. The summed E-state index contributed by atoms with van der Waals surface area (Å²) >= 11 is 1.64. The molecule has 1 aliphatic carbocycles. The van der Waals surface area contributed by atoms with Crippen molar-refractivity contribution >= 4 is 34.0 Å². The minimum Gasteiger partial charge on any atom is -0.354 e. The Bertz CT molecular complexity index is 1010. The quantitative estimate of drug-likeness (QED) is 0.695. The highest BCUT2D eigenvalue weighted by Crippen LogP contribution is 2.29. The Hall–Kier alpha value is -2.59. The lowest BCUT2D eigenvalue weighted by Crippen LogP contribution is -2.49. The van der Waals surface area contributed by atoms with Gasteiger partial charge in [-0.25, -0.2) is 9.97 Å². The van der Waals surface area contributed by atoms with E-state index in [0.717, 1.165) is 55.7 Å². The van der Waals surface area contributed by atoms with Crippen LogP contribution in [0.15, 0.2) is 12.4 Å². The Morgan fingerprint density at radius 3 is 2.83 bits per heavy atom. The highest BCUT2D eigenvalue weighted by molar-refractivity contribution is 7.15. The molecule has 3 aromatic rings. The van der Waals surface area contributed by atoms with Gasteiger partial charge in [-0.05, 0) is 32.6 Å². The predicted octanol–water partition coefficient (Wildman–Crippen LogP) is 1.53. The number of anilines is 2. The average molecular weight is 413 g/mol. The number of carbonyl (C=O) groups is 1. The third-order valence-electron chi connectivity index (χ3n) is 5.52. The smallest absolute Gasteiger partial charge is 0.254 e. The van der Waals surface area contributed by atoms with Crippen LogP contribution in [0.1, 0.15) is 29.1 Å². The van der Waals surface area contributed by atoms with Crippen LogP contribution < -0.4 is 10.2 Å². The second kappa shape index (κ2) is 7.68. The number of nitrogens with one attached hydrogen (secondary N) is 1. The van der Waals surface area contributed by atoms with E-state index >= 15 is 0 Å². The molecule has 2 aliphatic rings. The van der Waals surface area contributed by atoms with Gasteiger partial charge in [-0.1, -0.05) is 0 Å². The Labute approximate surface area is 172 Å². The monoisotopic (exact) mass is 412 g/mol. The van der Waals surface area contributed by atoms with E-state index in [2.05, 4.69) is 35.2 Å². The Morgan fingerprint density at radius 2 is 2.00 bits per heavy atom. The van der Waals surface area contributed by atoms with Gasteiger partial charge in [0.2, 0.25) is 5.91 Å². The van der Waals surface area contributed by atoms with Crippen molar-refractivity contribution in [3.8, 4) is 0 Å². The van der Waals surface area contributed by atoms with E-state index in [1.165, 1.54) is 29.7 Å². The van der Waals surface area contributed by atoms with Gasteiger partial charge in [0.15, 0.2) is 5.13 Å². The summed E-state index contributed by atoms with van der Waals surface area (Å²) in [4.78, 5) is 31.5. The number of nitrogens with zero attached hydrogens (tertiary/aromatic N) is 7. The van der Waals surface area contributed by atoms with E-state index < -0.39 is 0 Å². The molecule has 0 spiro atoms. The van der Waals surface area contributed by atoms with Crippen LogP contribution in [0, 0.1) is 6.92 Å². The largest absolute Gasteiger partial charge is 0.354 e. The molecule has 0 saturated carbocycles. The van der Waals surface area contributed by atoms with E-state index in [1.807, 2.05) is 13.0 Å². The van der Waals surface area contributed by atoms with Gasteiger partial charge in [-0.3, -0.25) is 9.69 Å². The summed E-state index contributed by atoms with van der Waals surface area (Å²) in [5, 5.41) is 8.05. The topological polar surface area (TPSA) is 91.5 Å². The van der Waals surface area contributed by atoms with Gasteiger partial charge in [0.1, 0.15) is 12.1 Å². The summed E-state index contributed by atoms with van der Waals surface area (Å²) in [5.74, 6) is 1.64. The maximum Gasteiger partial charge on any atom is 0.254 e. The van der Waals surface area contributed by atoms with Crippen LogP contribution >= 0.6 is 11.3 Å². The number of thiazole rings is 1. The third kappa shape index (κ3) is 3.82. The minimum atomic E-state index is 0.0166. The molecule has 3 aromatic heterocycles. The van der Waals surface area contributed by atoms with Crippen molar-refractivity contribution in [2.45, 2.75) is 32.6 Å². The van der Waals surface area contributed by atoms with E-state index in [4.69, 9.17) is 0 Å². The van der Waals surface area contributed by atoms with Gasteiger partial charge in [-0.15, -0.1) is 11.3 Å². The number of piperazine rings is 1. The molecule has 0 bridgehead atoms. The zero-order chi connectivity index (χ0) is 19.8. The molecule has 1 saturated heterocycles. The van der Waals surface area contributed by atoms with E-state index in [1.54, 1.807) is 15.9 Å². The van der Waals surface area contributed by atoms with Gasteiger partial charge < -0.3 is 10.2 Å². The first-order valence-electron chi connectivity index (χ1n) is 10.1. The minimum absolute atomic E-state index is 0.0166. The molecular formula is C19H24N8OS. The summed E-state index contributed by atoms with van der Waals surface area (Å²) in [7, 11) is 0. The van der Waals surface area contributed by atoms with Crippen LogP contribution in [0.4, 0.5) is 10.9 Å². The Balaban J connectivity index is 1.18. The molecule has 0 radical (unpaired) electrons. The second-order valence-electron chi connectivity index (χ2n) is 7.63. The van der Waals surface area contributed by atoms with Gasteiger partial charge >= 0.3 is 0 Å². The summed E-state index contributed by atoms with van der Waals surface area (Å²) < 4.78 is 1.78. The van der Waals surface area contributed by atoms with Crippen LogP contribution in [0.5, 0.6) is 0 Å². The zero-order valence-electron chi connectivity index (χ0n) is 16.5. The molecule has 1 amide bonds. The molecule has 9 nitrogen and oxygen atoms in total. The third-order valence-corrected chi connectivity index (χ3v) is 6.59. The van der Waals surface area contributed by atoms with Crippen LogP contribution in [0.2, 0.25) is 0 Å². The zero-order valence-corrected chi connectivity index (χ0v) is 17.3. The van der Waals surface area contributed by atoms with Gasteiger partial charge in [0.25, 0.3) is 5.78 Å². The fraction of sp³-hybridized carbons (Fsp3) is 0.526. The Kier molecular flexibility index (Phi) is 4.88. The molecule has 4 heterocycles. The molecule has 0 unspecified atom stereocenters. The van der Waals surface area contributed by atoms with Crippen molar-refractivity contribution in [2.24, 2.45) is 0 Å². The molecule has 29 heavy (non-hydrogen) atoms. The lowest BCUT2D eigenvalue weighted by Gasteiger charge is -2.35. The lowest BCUT2D eigenvalue weighted by molar-refractivity contribution is -0.117. The van der Waals surface area contributed by atoms with Gasteiger partial charge in [-0.2, -0.15) is 14.6 Å². The number of amides is 1. The van der Waals surface area contributed by atoms with Crippen molar-refractivity contribution in [3.63, 3.8) is 0 Å². The summed E-state index contributed by atoms with van der Waals surface area (Å²) in [6.07, 6.45) is 6.09. The van der Waals surface area contributed by atoms with Crippen molar-refractivity contribution in [2.75, 3.05) is 42.9 Å². The molecule has 10 heteroatoms. The van der Waals surface area contributed by atoms with Crippen molar-refractivity contribution in [1.29, 1.82) is 0 Å². The van der Waals surface area contributed by atoms with Gasteiger partial charge in [0.05, 0.1) is 12.2 Å². The number of aromatic nitrogens is 5. The molecule has 152 valence electrons. The molecule has 1 fully saturated rings. The van der Waals surface area contributed by atoms with Crippen LogP contribution in [0.25, 0.3) is 5.78 Å². The Morgan fingerprint density at radius 1 is 1.17 bits per heavy atom. The number of carbonyl (C=O) groups excluding carboxylic acids is 1. The van der Waals surface area contributed by atoms with Crippen molar-refractivity contribution < 1.29 is 4.79 Å². The van der Waals surface area contributed by atoms with E-state index in [0.29, 0.717) is 12.3 Å². The van der Waals surface area contributed by atoms with Crippen LogP contribution in [-0.2, 0) is 17.6 Å². The summed E-state index contributed by atoms with van der Waals surface area (Å²) in [6.45, 7) is 5.66. The number of aryl methyl sites for hydroxylation is 3. The van der Waals surface area contributed by atoms with Gasteiger partial charge in [0, 0.05) is 42.8 Å². The van der Waals surface area contributed by atoms with Crippen molar-refractivity contribution in [1.82, 2.24) is 29.5 Å². The number of hydrogen-bond donors (Lipinski definition) is 1. The maximum absolute atomic E-state index is 12.5. The summed E-state index contributed by atoms with van der Waals surface area (Å²) in [5.41, 5.74) is 2.10. The maximum atomic E-state index is 12.5. The van der Waals surface area contributed by atoms with Crippen LogP contribution in [-0.4, -0.2) is 68.1 Å². The first kappa shape index (κ1) is 18.4. The fourth-order valence-corrected chi connectivity index (χ4v) is 5.10. The van der Waals surface area contributed by atoms with Crippen LogP contribution in [0.3, 0.4) is 0 Å². The molecule has 5 rings (SSSR count). The fourth-order valence-electron chi connectivity index (χ4n) is 4.04. The number of rotatable bonds is 4. The molecule has 1 aliphatic heterocycles. The first-order valence-corrected chi connectivity index (χ1v) is 10.9.